The smallest absolute Gasteiger partial charge is 0.254 e. The number of hydrogen-bond donors (Lipinski definition) is 1. The summed E-state index contributed by atoms with van der Waals surface area (Å²) < 4.78 is 21.7. The Kier molecular flexibility index (Phi) is 9.84. The van der Waals surface area contributed by atoms with Crippen LogP contribution in [-0.4, -0.2) is 88.4 Å². The minimum absolute atomic E-state index is 0.125. The summed E-state index contributed by atoms with van der Waals surface area (Å²) in [6, 6.07) is 11.8. The molecule has 0 spiro atoms. The largest absolute Gasteiger partial charge is 0.497 e. The van der Waals surface area contributed by atoms with Crippen LogP contribution in [0, 0.1) is 0 Å². The zero-order valence-corrected chi connectivity index (χ0v) is 22.6. The maximum Gasteiger partial charge on any atom is 0.254 e. The number of benzene rings is 2. The molecule has 0 aromatic heterocycles. The average Bonchev–Trinajstić information content (AvgIpc) is 3.48. The van der Waals surface area contributed by atoms with Gasteiger partial charge in [-0.2, -0.15) is 0 Å². The standard InChI is InChI=1S/C29H39N3O6/c1-35-24-11-8-21(9-12-24)27(28(33)30-23-6-4-5-7-23)32(15-14-31-16-18-38-19-17-31)29(34)22-10-13-25(36-2)26(20-22)37-3/h8-13,20,23,27H,4-7,14-19H2,1-3H3,(H,30,33)/t27-/m0/s1. The van der Waals surface area contributed by atoms with Crippen molar-refractivity contribution in [2.75, 3.05) is 60.7 Å². The molecule has 2 amide bonds. The van der Waals surface area contributed by atoms with Gasteiger partial charge in [0.1, 0.15) is 11.8 Å². The molecule has 2 aromatic carbocycles. The van der Waals surface area contributed by atoms with Crippen LogP contribution in [0.15, 0.2) is 42.5 Å². The number of carbonyl (C=O) groups excluding carboxylic acids is 2. The quantitative estimate of drug-likeness (QED) is 0.482. The molecule has 1 aliphatic carbocycles. The second kappa shape index (κ2) is 13.5. The number of carbonyl (C=O) groups is 2. The first-order valence-corrected chi connectivity index (χ1v) is 13.3. The molecule has 1 N–H and O–H groups in total. The first-order chi connectivity index (χ1) is 18.5. The molecule has 9 heteroatoms. The van der Waals surface area contributed by atoms with Gasteiger partial charge in [0, 0.05) is 37.8 Å². The van der Waals surface area contributed by atoms with Crippen molar-refractivity contribution in [3.8, 4) is 17.2 Å². The molecule has 0 bridgehead atoms. The molecular weight excluding hydrogens is 486 g/mol. The zero-order chi connectivity index (χ0) is 26.9. The fourth-order valence-electron chi connectivity index (χ4n) is 5.17. The van der Waals surface area contributed by atoms with Gasteiger partial charge in [-0.15, -0.1) is 0 Å². The summed E-state index contributed by atoms with van der Waals surface area (Å²) >= 11 is 0. The first-order valence-electron chi connectivity index (χ1n) is 13.3. The summed E-state index contributed by atoms with van der Waals surface area (Å²) in [7, 11) is 4.70. The van der Waals surface area contributed by atoms with E-state index in [2.05, 4.69) is 10.2 Å². The van der Waals surface area contributed by atoms with Crippen LogP contribution in [0.1, 0.15) is 47.6 Å². The molecule has 1 aliphatic heterocycles. The SMILES string of the molecule is COc1ccc([C@@H](C(=O)NC2CCCC2)N(CCN2CCOCC2)C(=O)c2ccc(OC)c(OC)c2)cc1. The molecule has 9 nitrogen and oxygen atoms in total. The average molecular weight is 526 g/mol. The molecule has 38 heavy (non-hydrogen) atoms. The molecule has 2 aromatic rings. The highest BCUT2D eigenvalue weighted by atomic mass is 16.5. The maximum atomic E-state index is 14.1. The van der Waals surface area contributed by atoms with Crippen molar-refractivity contribution in [3.05, 3.63) is 53.6 Å². The Labute approximate surface area is 225 Å². The van der Waals surface area contributed by atoms with Crippen LogP contribution in [0.2, 0.25) is 0 Å². The highest BCUT2D eigenvalue weighted by Crippen LogP contribution is 2.31. The second-order valence-electron chi connectivity index (χ2n) is 9.69. The molecule has 1 saturated heterocycles. The van der Waals surface area contributed by atoms with Gasteiger partial charge in [0.2, 0.25) is 5.91 Å². The lowest BCUT2D eigenvalue weighted by Crippen LogP contribution is -2.49. The van der Waals surface area contributed by atoms with Crippen molar-refractivity contribution in [1.29, 1.82) is 0 Å². The third-order valence-electron chi connectivity index (χ3n) is 7.35. The Morgan fingerprint density at radius 3 is 2.29 bits per heavy atom. The molecule has 1 atom stereocenters. The minimum Gasteiger partial charge on any atom is -0.497 e. The summed E-state index contributed by atoms with van der Waals surface area (Å²) in [5.41, 5.74) is 1.16. The van der Waals surface area contributed by atoms with Gasteiger partial charge < -0.3 is 29.2 Å². The monoisotopic (exact) mass is 525 g/mol. The van der Waals surface area contributed by atoms with E-state index in [1.807, 2.05) is 24.3 Å². The zero-order valence-electron chi connectivity index (χ0n) is 22.6. The summed E-state index contributed by atoms with van der Waals surface area (Å²) in [4.78, 5) is 32.0. The van der Waals surface area contributed by atoms with Gasteiger partial charge in [0.15, 0.2) is 11.5 Å². The predicted molar refractivity (Wildman–Crippen MR) is 144 cm³/mol. The maximum absolute atomic E-state index is 14.1. The van der Waals surface area contributed by atoms with Crippen LogP contribution in [0.4, 0.5) is 0 Å². The number of morpholine rings is 1. The lowest BCUT2D eigenvalue weighted by atomic mass is 10.0. The number of nitrogens with one attached hydrogen (secondary N) is 1. The normalized spacial score (nSPS) is 17.0. The third kappa shape index (κ3) is 6.76. The fourth-order valence-corrected chi connectivity index (χ4v) is 5.17. The highest BCUT2D eigenvalue weighted by molar-refractivity contribution is 5.98. The Bertz CT molecular complexity index is 1060. The Balaban J connectivity index is 1.70. The molecule has 2 aliphatic rings. The molecule has 0 unspecified atom stereocenters. The molecule has 206 valence electrons. The van der Waals surface area contributed by atoms with Crippen LogP contribution < -0.4 is 19.5 Å². The lowest BCUT2D eigenvalue weighted by molar-refractivity contribution is -0.126. The third-order valence-corrected chi connectivity index (χ3v) is 7.35. The Morgan fingerprint density at radius 2 is 1.66 bits per heavy atom. The minimum atomic E-state index is -0.803. The number of ether oxygens (including phenoxy) is 4. The van der Waals surface area contributed by atoms with Crippen molar-refractivity contribution in [2.45, 2.75) is 37.8 Å². The summed E-state index contributed by atoms with van der Waals surface area (Å²) in [6.07, 6.45) is 4.11. The molecule has 1 saturated carbocycles. The Morgan fingerprint density at radius 1 is 0.974 bits per heavy atom. The van der Waals surface area contributed by atoms with Gasteiger partial charge >= 0.3 is 0 Å². The van der Waals surface area contributed by atoms with Gasteiger partial charge in [0.05, 0.1) is 34.5 Å². The summed E-state index contributed by atoms with van der Waals surface area (Å²) in [6.45, 7) is 3.91. The number of nitrogens with zero attached hydrogens (tertiary/aromatic N) is 2. The fraction of sp³-hybridized carbons (Fsp3) is 0.517. The van der Waals surface area contributed by atoms with Crippen LogP contribution in [-0.2, 0) is 9.53 Å². The van der Waals surface area contributed by atoms with Crippen LogP contribution in [0.5, 0.6) is 17.2 Å². The van der Waals surface area contributed by atoms with Gasteiger partial charge in [-0.25, -0.2) is 0 Å². The molecule has 0 radical (unpaired) electrons. The van der Waals surface area contributed by atoms with Crippen molar-refractivity contribution in [3.63, 3.8) is 0 Å². The second-order valence-corrected chi connectivity index (χ2v) is 9.69. The van der Waals surface area contributed by atoms with E-state index in [0.29, 0.717) is 49.1 Å². The molecule has 2 fully saturated rings. The van der Waals surface area contributed by atoms with E-state index >= 15 is 0 Å². The molecule has 1 heterocycles. The van der Waals surface area contributed by atoms with Crippen molar-refractivity contribution < 1.29 is 28.5 Å². The van der Waals surface area contributed by atoms with E-state index in [1.165, 1.54) is 7.11 Å². The Hall–Kier alpha value is -3.30. The van der Waals surface area contributed by atoms with E-state index in [4.69, 9.17) is 18.9 Å². The van der Waals surface area contributed by atoms with Crippen LogP contribution >= 0.6 is 0 Å². The van der Waals surface area contributed by atoms with Crippen molar-refractivity contribution in [1.82, 2.24) is 15.1 Å². The van der Waals surface area contributed by atoms with E-state index in [0.717, 1.165) is 44.3 Å². The summed E-state index contributed by atoms with van der Waals surface area (Å²) in [5.74, 6) is 1.27. The molecule has 4 rings (SSSR count). The highest BCUT2D eigenvalue weighted by Gasteiger charge is 2.34. The van der Waals surface area contributed by atoms with Crippen molar-refractivity contribution in [2.24, 2.45) is 0 Å². The van der Waals surface area contributed by atoms with Crippen molar-refractivity contribution >= 4 is 11.8 Å². The number of rotatable bonds is 11. The lowest BCUT2D eigenvalue weighted by Gasteiger charge is -2.35. The van der Waals surface area contributed by atoms with E-state index in [9.17, 15) is 9.59 Å². The molecular formula is C29H39N3O6. The summed E-state index contributed by atoms with van der Waals surface area (Å²) in [5, 5.41) is 3.23. The predicted octanol–water partition coefficient (Wildman–Crippen LogP) is 3.29. The van der Waals surface area contributed by atoms with E-state index in [1.54, 1.807) is 37.3 Å². The van der Waals surface area contributed by atoms with E-state index in [-0.39, 0.29) is 17.9 Å². The number of hydrogen-bond acceptors (Lipinski definition) is 7. The number of amides is 2. The first kappa shape index (κ1) is 27.7. The van der Waals surface area contributed by atoms with Gasteiger partial charge in [-0.1, -0.05) is 25.0 Å². The topological polar surface area (TPSA) is 89.6 Å². The van der Waals surface area contributed by atoms with E-state index < -0.39 is 6.04 Å². The van der Waals surface area contributed by atoms with Gasteiger partial charge in [-0.05, 0) is 48.7 Å². The van der Waals surface area contributed by atoms with Gasteiger partial charge in [0.25, 0.3) is 5.91 Å². The van der Waals surface area contributed by atoms with Gasteiger partial charge in [-0.3, -0.25) is 14.5 Å². The van der Waals surface area contributed by atoms with Crippen LogP contribution in [0.25, 0.3) is 0 Å². The number of methoxy groups -OCH3 is 3. The van der Waals surface area contributed by atoms with Crippen LogP contribution in [0.3, 0.4) is 0 Å².